The number of carbonyl (C=O) groups excluding carboxylic acids is 1. The fraction of sp³-hybridized carbons (Fsp3) is 0.0769. The van der Waals surface area contributed by atoms with Crippen LogP contribution in [0, 0.1) is 17.5 Å². The van der Waals surface area contributed by atoms with E-state index < -0.39 is 17.5 Å². The second-order valence-corrected chi connectivity index (χ2v) is 3.76. The molecule has 1 amide bonds. The summed E-state index contributed by atoms with van der Waals surface area (Å²) in [5, 5.41) is 2.42. The monoisotopic (exact) mass is 266 g/mol. The molecule has 1 N–H and O–H groups in total. The van der Waals surface area contributed by atoms with Crippen molar-refractivity contribution in [2.24, 2.45) is 0 Å². The minimum Gasteiger partial charge on any atom is -0.355 e. The lowest BCUT2D eigenvalue weighted by Gasteiger charge is -2.05. The zero-order valence-electron chi connectivity index (χ0n) is 9.88. The first-order valence-electron chi connectivity index (χ1n) is 5.36. The number of amides is 1. The normalized spacial score (nSPS) is 10.3. The first-order valence-corrected chi connectivity index (χ1v) is 5.36. The maximum Gasteiger partial charge on any atom is 0.251 e. The first-order chi connectivity index (χ1) is 9.02. The standard InChI is InChI=1S/C13H9F3N2O/c1-17-13(19)7-2-3-18-11(6-7)8-4-9(14)12(16)10(15)5-8/h2-6H,1H3,(H,17,19). The lowest BCUT2D eigenvalue weighted by atomic mass is 10.1. The van der Waals surface area contributed by atoms with Gasteiger partial charge in [-0.15, -0.1) is 0 Å². The Balaban J connectivity index is 2.50. The van der Waals surface area contributed by atoms with Crippen molar-refractivity contribution < 1.29 is 18.0 Å². The summed E-state index contributed by atoms with van der Waals surface area (Å²) in [5.74, 6) is -4.50. The third-order valence-corrected chi connectivity index (χ3v) is 2.53. The lowest BCUT2D eigenvalue weighted by molar-refractivity contribution is 0.0963. The van der Waals surface area contributed by atoms with Crippen LogP contribution in [0.1, 0.15) is 10.4 Å². The molecule has 0 atom stereocenters. The first kappa shape index (κ1) is 13.1. The SMILES string of the molecule is CNC(=O)c1ccnc(-c2cc(F)c(F)c(F)c2)c1. The van der Waals surface area contributed by atoms with Crippen molar-refractivity contribution in [1.29, 1.82) is 0 Å². The van der Waals surface area contributed by atoms with Gasteiger partial charge in [0.15, 0.2) is 17.5 Å². The molecule has 0 aliphatic carbocycles. The molecular formula is C13H9F3N2O. The molecule has 1 aromatic carbocycles. The summed E-state index contributed by atoms with van der Waals surface area (Å²) >= 11 is 0. The minimum atomic E-state index is -1.54. The number of carbonyl (C=O) groups is 1. The van der Waals surface area contributed by atoms with Gasteiger partial charge in [-0.1, -0.05) is 0 Å². The minimum absolute atomic E-state index is 0.0575. The van der Waals surface area contributed by atoms with Gasteiger partial charge in [0, 0.05) is 24.4 Å². The van der Waals surface area contributed by atoms with Gasteiger partial charge in [0.05, 0.1) is 5.69 Å². The Morgan fingerprint density at radius 2 is 1.79 bits per heavy atom. The maximum absolute atomic E-state index is 13.1. The number of pyridine rings is 1. The third-order valence-electron chi connectivity index (χ3n) is 2.53. The van der Waals surface area contributed by atoms with Crippen LogP contribution in [0.25, 0.3) is 11.3 Å². The molecule has 6 heteroatoms. The van der Waals surface area contributed by atoms with Gasteiger partial charge < -0.3 is 5.32 Å². The van der Waals surface area contributed by atoms with Crippen molar-refractivity contribution >= 4 is 5.91 Å². The highest BCUT2D eigenvalue weighted by Crippen LogP contribution is 2.22. The largest absolute Gasteiger partial charge is 0.355 e. The van der Waals surface area contributed by atoms with E-state index in [1.807, 2.05) is 0 Å². The van der Waals surface area contributed by atoms with E-state index in [9.17, 15) is 18.0 Å². The summed E-state index contributed by atoms with van der Waals surface area (Å²) in [7, 11) is 1.46. The van der Waals surface area contributed by atoms with Crippen LogP contribution in [0.2, 0.25) is 0 Å². The smallest absolute Gasteiger partial charge is 0.251 e. The Labute approximate surface area is 107 Å². The fourth-order valence-corrected chi connectivity index (χ4v) is 1.58. The molecule has 0 aliphatic rings. The van der Waals surface area contributed by atoms with E-state index in [2.05, 4.69) is 10.3 Å². The third kappa shape index (κ3) is 2.57. The molecule has 1 aromatic heterocycles. The lowest BCUT2D eigenvalue weighted by Crippen LogP contribution is -2.17. The van der Waals surface area contributed by atoms with Crippen molar-refractivity contribution in [3.05, 3.63) is 53.5 Å². The molecule has 0 saturated carbocycles. The molecular weight excluding hydrogens is 257 g/mol. The van der Waals surface area contributed by atoms with Gasteiger partial charge in [0.1, 0.15) is 0 Å². The van der Waals surface area contributed by atoms with Gasteiger partial charge in [-0.3, -0.25) is 9.78 Å². The van der Waals surface area contributed by atoms with Gasteiger partial charge in [0.2, 0.25) is 0 Å². The molecule has 0 saturated heterocycles. The molecule has 2 aromatic rings. The molecule has 0 unspecified atom stereocenters. The second-order valence-electron chi connectivity index (χ2n) is 3.76. The Morgan fingerprint density at radius 1 is 1.16 bits per heavy atom. The molecule has 19 heavy (non-hydrogen) atoms. The Morgan fingerprint density at radius 3 is 2.37 bits per heavy atom. The van der Waals surface area contributed by atoms with Crippen molar-refractivity contribution in [2.75, 3.05) is 7.05 Å². The van der Waals surface area contributed by atoms with Gasteiger partial charge in [0.25, 0.3) is 5.91 Å². The highest BCUT2D eigenvalue weighted by atomic mass is 19.2. The summed E-state index contributed by atoms with van der Waals surface area (Å²) in [6, 6.07) is 4.48. The van der Waals surface area contributed by atoms with Crippen LogP contribution < -0.4 is 5.32 Å². The Hall–Kier alpha value is -2.37. The van der Waals surface area contributed by atoms with Crippen LogP contribution in [-0.4, -0.2) is 17.9 Å². The summed E-state index contributed by atoms with van der Waals surface area (Å²) < 4.78 is 39.1. The van der Waals surface area contributed by atoms with Gasteiger partial charge >= 0.3 is 0 Å². The van der Waals surface area contributed by atoms with Crippen LogP contribution in [0.4, 0.5) is 13.2 Å². The van der Waals surface area contributed by atoms with Crippen molar-refractivity contribution in [1.82, 2.24) is 10.3 Å². The zero-order valence-corrected chi connectivity index (χ0v) is 9.88. The van der Waals surface area contributed by atoms with E-state index in [0.717, 1.165) is 12.1 Å². The summed E-state index contributed by atoms with van der Waals surface area (Å²) in [6.45, 7) is 0. The molecule has 0 bridgehead atoms. The zero-order chi connectivity index (χ0) is 14.0. The maximum atomic E-state index is 13.1. The number of nitrogens with one attached hydrogen (secondary N) is 1. The average molecular weight is 266 g/mol. The highest BCUT2D eigenvalue weighted by molar-refractivity contribution is 5.94. The van der Waals surface area contributed by atoms with E-state index in [-0.39, 0.29) is 22.7 Å². The molecule has 2 rings (SSSR count). The second kappa shape index (κ2) is 5.09. The average Bonchev–Trinajstić information content (AvgIpc) is 2.43. The van der Waals surface area contributed by atoms with E-state index in [0.29, 0.717) is 0 Å². The quantitative estimate of drug-likeness (QED) is 0.849. The Kier molecular flexibility index (Phi) is 3.50. The van der Waals surface area contributed by atoms with Crippen LogP contribution >= 0.6 is 0 Å². The number of hydrogen-bond acceptors (Lipinski definition) is 2. The predicted molar refractivity (Wildman–Crippen MR) is 62.9 cm³/mol. The van der Waals surface area contributed by atoms with Crippen molar-refractivity contribution in [2.45, 2.75) is 0 Å². The van der Waals surface area contributed by atoms with E-state index in [4.69, 9.17) is 0 Å². The summed E-state index contributed by atoms with van der Waals surface area (Å²) in [4.78, 5) is 15.3. The van der Waals surface area contributed by atoms with Crippen LogP contribution in [0.15, 0.2) is 30.5 Å². The summed E-state index contributed by atoms with van der Waals surface area (Å²) in [5.41, 5.74) is 0.527. The molecule has 98 valence electrons. The number of rotatable bonds is 2. The highest BCUT2D eigenvalue weighted by Gasteiger charge is 2.13. The van der Waals surface area contributed by atoms with Gasteiger partial charge in [-0.25, -0.2) is 13.2 Å². The van der Waals surface area contributed by atoms with Crippen LogP contribution in [0.3, 0.4) is 0 Å². The van der Waals surface area contributed by atoms with Crippen molar-refractivity contribution in [3.63, 3.8) is 0 Å². The molecule has 0 radical (unpaired) electrons. The molecule has 3 nitrogen and oxygen atoms in total. The number of benzene rings is 1. The number of aromatic nitrogens is 1. The molecule has 0 spiro atoms. The summed E-state index contributed by atoms with van der Waals surface area (Å²) in [6.07, 6.45) is 1.33. The number of hydrogen-bond donors (Lipinski definition) is 1. The van der Waals surface area contributed by atoms with Gasteiger partial charge in [-0.05, 0) is 24.3 Å². The van der Waals surface area contributed by atoms with Gasteiger partial charge in [-0.2, -0.15) is 0 Å². The topological polar surface area (TPSA) is 42.0 Å². The number of halogens is 3. The molecule has 0 aliphatic heterocycles. The molecule has 1 heterocycles. The fourth-order valence-electron chi connectivity index (χ4n) is 1.58. The van der Waals surface area contributed by atoms with E-state index >= 15 is 0 Å². The van der Waals surface area contributed by atoms with E-state index in [1.165, 1.54) is 25.4 Å². The predicted octanol–water partition coefficient (Wildman–Crippen LogP) is 2.53. The Bertz CT molecular complexity index is 621. The molecule has 0 fully saturated rings. The van der Waals surface area contributed by atoms with Crippen LogP contribution in [0.5, 0.6) is 0 Å². The van der Waals surface area contributed by atoms with E-state index in [1.54, 1.807) is 0 Å². The van der Waals surface area contributed by atoms with Crippen LogP contribution in [-0.2, 0) is 0 Å². The number of nitrogens with zero attached hydrogens (tertiary/aromatic N) is 1. The van der Waals surface area contributed by atoms with Crippen molar-refractivity contribution in [3.8, 4) is 11.3 Å².